The molecule has 1 N–H and O–H groups in total. The van der Waals surface area contributed by atoms with Crippen molar-refractivity contribution < 1.29 is 27.7 Å². The van der Waals surface area contributed by atoms with Crippen LogP contribution in [0.25, 0.3) is 0 Å². The Hall–Kier alpha value is 0.380. The molecule has 0 spiro atoms. The molecule has 0 aromatic rings. The average molecular weight is 541 g/mol. The Morgan fingerprint density at radius 1 is 0.800 bits per heavy atom. The van der Waals surface area contributed by atoms with Gasteiger partial charge in [-0.25, -0.2) is 4.57 Å². The Labute approximate surface area is 222 Å². The summed E-state index contributed by atoms with van der Waals surface area (Å²) in [7, 11) is 3.57. The van der Waals surface area contributed by atoms with Crippen LogP contribution in [0.3, 0.4) is 0 Å². The number of thioether (sulfide) groups is 1. The van der Waals surface area contributed by atoms with Gasteiger partial charge in [0.1, 0.15) is 13.2 Å². The normalized spacial score (nSPS) is 15.7. The lowest BCUT2D eigenvalue weighted by Crippen LogP contribution is -2.38. The van der Waals surface area contributed by atoms with Gasteiger partial charge in [-0.05, 0) is 19.1 Å². The highest BCUT2D eigenvalue weighted by Crippen LogP contribution is 2.44. The summed E-state index contributed by atoms with van der Waals surface area (Å²) in [6, 6.07) is 0. The summed E-state index contributed by atoms with van der Waals surface area (Å²) < 4.78 is 28.7. The van der Waals surface area contributed by atoms with Gasteiger partial charge in [0, 0.05) is 12.9 Å². The molecule has 0 rings (SSSR count). The number of phosphoric ester groups is 1. The second kappa shape index (κ2) is 21.3. The number of phosphoric acid groups is 1. The van der Waals surface area contributed by atoms with Gasteiger partial charge in [-0.3, -0.25) is 9.05 Å². The molecule has 0 bridgehead atoms. The lowest BCUT2D eigenvalue weighted by atomic mass is 10.0. The molecule has 0 aliphatic rings. The monoisotopic (exact) mass is 540 g/mol. The zero-order chi connectivity index (χ0) is 26.5. The highest BCUT2D eigenvalue weighted by atomic mass is 32.2. The van der Waals surface area contributed by atoms with E-state index in [9.17, 15) is 9.46 Å². The lowest BCUT2D eigenvalue weighted by molar-refractivity contribution is -0.870. The van der Waals surface area contributed by atoms with Gasteiger partial charge in [0.2, 0.25) is 0 Å². The summed E-state index contributed by atoms with van der Waals surface area (Å²) in [5.74, 6) is 1.80. The Morgan fingerprint density at radius 2 is 1.26 bits per heavy atom. The maximum atomic E-state index is 12.1. The summed E-state index contributed by atoms with van der Waals surface area (Å²) in [5, 5.41) is 0. The Kier molecular flexibility index (Phi) is 21.6. The number of nitrogens with zero attached hydrogens (tertiary/aromatic N) is 1. The van der Waals surface area contributed by atoms with Crippen molar-refractivity contribution >= 4 is 19.6 Å². The first-order chi connectivity index (χ1) is 16.5. The minimum absolute atomic E-state index is 0.0352. The minimum Gasteiger partial charge on any atom is -0.375 e. The molecule has 0 aromatic carbocycles. The third-order valence-electron chi connectivity index (χ3n) is 6.34. The fourth-order valence-electron chi connectivity index (χ4n) is 3.71. The SMILES string of the molecule is CCCCCCCCCCCCCCCCCSCC(C)(COP(=O)(O)OCC[N+](C)(C)C)OC. The van der Waals surface area contributed by atoms with Crippen LogP contribution in [0.4, 0.5) is 0 Å². The molecule has 0 heterocycles. The van der Waals surface area contributed by atoms with E-state index in [2.05, 4.69) is 6.92 Å². The highest BCUT2D eigenvalue weighted by Gasteiger charge is 2.30. The standard InChI is InChI=1S/C27H58NO5PS/c1-7-8-9-10-11-12-13-14-15-16-17-18-19-20-21-24-35-26-27(2,31-6)25-33-34(29,30)32-23-22-28(3,4)5/h7-26H2,1-6H3/p+1. The molecule has 8 heteroatoms. The molecule has 212 valence electrons. The predicted octanol–water partition coefficient (Wildman–Crippen LogP) is 7.84. The van der Waals surface area contributed by atoms with E-state index in [1.54, 1.807) is 7.11 Å². The van der Waals surface area contributed by atoms with Crippen LogP contribution in [0.5, 0.6) is 0 Å². The first-order valence-electron chi connectivity index (χ1n) is 14.1. The van der Waals surface area contributed by atoms with Crippen LogP contribution in [-0.4, -0.2) is 74.5 Å². The van der Waals surface area contributed by atoms with Crippen molar-refractivity contribution in [2.24, 2.45) is 0 Å². The fraction of sp³-hybridized carbons (Fsp3) is 1.00. The quantitative estimate of drug-likeness (QED) is 0.0685. The van der Waals surface area contributed by atoms with E-state index < -0.39 is 13.4 Å². The number of rotatable bonds is 26. The van der Waals surface area contributed by atoms with E-state index >= 15 is 0 Å². The van der Waals surface area contributed by atoms with Crippen molar-refractivity contribution in [1.29, 1.82) is 0 Å². The first kappa shape index (κ1) is 35.4. The molecular formula is C27H59NO5PS+. The summed E-state index contributed by atoms with van der Waals surface area (Å²) in [6.45, 7) is 5.03. The smallest absolute Gasteiger partial charge is 0.375 e. The third-order valence-corrected chi connectivity index (χ3v) is 8.70. The van der Waals surface area contributed by atoms with Crippen LogP contribution in [0.15, 0.2) is 0 Å². The molecule has 0 aromatic heterocycles. The molecule has 0 aliphatic heterocycles. The van der Waals surface area contributed by atoms with Crippen LogP contribution < -0.4 is 0 Å². The Balaban J connectivity index is 3.66. The lowest BCUT2D eigenvalue weighted by Gasteiger charge is -2.28. The minimum atomic E-state index is -4.06. The van der Waals surface area contributed by atoms with Crippen LogP contribution in [0, 0.1) is 0 Å². The fourth-order valence-corrected chi connectivity index (χ4v) is 5.72. The number of likely N-dealkylation sites (N-methyl/N-ethyl adjacent to an activating group) is 1. The topological polar surface area (TPSA) is 65.0 Å². The van der Waals surface area contributed by atoms with Crippen LogP contribution in [-0.2, 0) is 18.3 Å². The second-order valence-electron chi connectivity index (χ2n) is 11.2. The predicted molar refractivity (Wildman–Crippen MR) is 152 cm³/mol. The van der Waals surface area contributed by atoms with E-state index in [1.807, 2.05) is 39.8 Å². The molecule has 0 radical (unpaired) electrons. The van der Waals surface area contributed by atoms with Crippen molar-refractivity contribution in [1.82, 2.24) is 0 Å². The molecule has 6 nitrogen and oxygen atoms in total. The van der Waals surface area contributed by atoms with E-state index in [4.69, 9.17) is 13.8 Å². The van der Waals surface area contributed by atoms with Gasteiger partial charge in [0.15, 0.2) is 0 Å². The van der Waals surface area contributed by atoms with Crippen molar-refractivity contribution in [2.45, 2.75) is 116 Å². The number of hydrogen-bond acceptors (Lipinski definition) is 5. The van der Waals surface area contributed by atoms with Crippen molar-refractivity contribution in [3.05, 3.63) is 0 Å². The molecular weight excluding hydrogens is 481 g/mol. The number of unbranched alkanes of at least 4 members (excludes halogenated alkanes) is 14. The number of hydrogen-bond donors (Lipinski definition) is 1. The number of quaternary nitrogens is 1. The van der Waals surface area contributed by atoms with Crippen LogP contribution in [0.1, 0.15) is 110 Å². The van der Waals surface area contributed by atoms with E-state index in [-0.39, 0.29) is 13.2 Å². The average Bonchev–Trinajstić information content (AvgIpc) is 2.79. The van der Waals surface area contributed by atoms with E-state index in [1.165, 1.54) is 96.3 Å². The van der Waals surface area contributed by atoms with E-state index in [0.717, 1.165) is 11.5 Å². The molecule has 0 saturated heterocycles. The van der Waals surface area contributed by atoms with Gasteiger partial charge >= 0.3 is 7.82 Å². The summed E-state index contributed by atoms with van der Waals surface area (Å²) in [5.41, 5.74) is -0.609. The Bertz CT molecular complexity index is 532. The van der Waals surface area contributed by atoms with Crippen molar-refractivity contribution in [3.8, 4) is 0 Å². The maximum Gasteiger partial charge on any atom is 0.472 e. The third kappa shape index (κ3) is 24.5. The molecule has 0 saturated carbocycles. The van der Waals surface area contributed by atoms with Crippen molar-refractivity contribution in [3.63, 3.8) is 0 Å². The van der Waals surface area contributed by atoms with Crippen LogP contribution in [0.2, 0.25) is 0 Å². The zero-order valence-corrected chi connectivity index (χ0v) is 25.7. The van der Waals surface area contributed by atoms with E-state index in [0.29, 0.717) is 11.0 Å². The highest BCUT2D eigenvalue weighted by molar-refractivity contribution is 7.99. The zero-order valence-electron chi connectivity index (χ0n) is 24.0. The summed E-state index contributed by atoms with van der Waals surface area (Å²) in [6.07, 6.45) is 20.6. The first-order valence-corrected chi connectivity index (χ1v) is 16.7. The van der Waals surface area contributed by atoms with Gasteiger partial charge in [-0.15, -0.1) is 0 Å². The number of methoxy groups -OCH3 is 1. The summed E-state index contributed by atoms with van der Waals surface area (Å²) >= 11 is 1.82. The summed E-state index contributed by atoms with van der Waals surface area (Å²) in [4.78, 5) is 9.93. The molecule has 2 atom stereocenters. The molecule has 35 heavy (non-hydrogen) atoms. The maximum absolute atomic E-state index is 12.1. The van der Waals surface area contributed by atoms with Gasteiger partial charge in [0.25, 0.3) is 0 Å². The molecule has 2 unspecified atom stereocenters. The van der Waals surface area contributed by atoms with Gasteiger partial charge in [0.05, 0.1) is 33.4 Å². The van der Waals surface area contributed by atoms with Gasteiger partial charge in [-0.1, -0.05) is 96.8 Å². The Morgan fingerprint density at radius 3 is 1.69 bits per heavy atom. The van der Waals surface area contributed by atoms with Crippen LogP contribution >= 0.6 is 19.6 Å². The van der Waals surface area contributed by atoms with Crippen molar-refractivity contribution in [2.75, 3.05) is 59.5 Å². The number of ether oxygens (including phenoxy) is 1. The largest absolute Gasteiger partial charge is 0.472 e. The molecule has 0 amide bonds. The second-order valence-corrected chi connectivity index (χ2v) is 13.8. The van der Waals surface area contributed by atoms with Gasteiger partial charge < -0.3 is 14.1 Å². The van der Waals surface area contributed by atoms with Gasteiger partial charge in [-0.2, -0.15) is 11.8 Å². The molecule has 0 fully saturated rings. The molecule has 0 aliphatic carbocycles.